The minimum atomic E-state index is -2.29. The van der Waals surface area contributed by atoms with Crippen molar-refractivity contribution in [2.24, 2.45) is 5.73 Å². The molecular weight excluding hydrogens is 253 g/mol. The van der Waals surface area contributed by atoms with Crippen molar-refractivity contribution in [3.63, 3.8) is 0 Å². The molecule has 4 N–H and O–H groups in total. The molecule has 1 amide bonds. The molecular formula is C12H24N2O5. The molecule has 0 spiro atoms. The highest BCUT2D eigenvalue weighted by molar-refractivity contribution is 5.81. The summed E-state index contributed by atoms with van der Waals surface area (Å²) in [5.74, 6) is -0.717. The van der Waals surface area contributed by atoms with Gasteiger partial charge in [-0.05, 0) is 33.6 Å². The van der Waals surface area contributed by atoms with E-state index in [2.05, 4.69) is 10.1 Å². The van der Waals surface area contributed by atoms with Gasteiger partial charge in [0.2, 0.25) is 0 Å². The molecule has 7 heteroatoms. The number of rotatable bonds is 6. The van der Waals surface area contributed by atoms with Gasteiger partial charge in [-0.1, -0.05) is 0 Å². The van der Waals surface area contributed by atoms with E-state index >= 15 is 0 Å². The first-order chi connectivity index (χ1) is 9.36. The largest absolute Gasteiger partial charge is 0.467 e. The summed E-state index contributed by atoms with van der Waals surface area (Å²) >= 11 is 0. The second kappa shape index (κ2) is 7.96. The summed E-state index contributed by atoms with van der Waals surface area (Å²) in [5.41, 5.74) is 4.39. The number of methoxy groups -OCH3 is 1. The quantitative estimate of drug-likeness (QED) is 0.471. The van der Waals surface area contributed by atoms with Gasteiger partial charge in [0.05, 0.1) is 13.2 Å². The molecule has 1 unspecified atom stereocenters. The highest BCUT2D eigenvalue weighted by atomic mass is 16.6. The molecule has 2 atom stereocenters. The van der Waals surface area contributed by atoms with Crippen molar-refractivity contribution >= 4 is 12.1 Å². The van der Waals surface area contributed by atoms with E-state index in [1.807, 2.05) is 0 Å². The first-order valence-corrected chi connectivity index (χ1v) is 5.91. The van der Waals surface area contributed by atoms with E-state index in [4.69, 9.17) is 13.2 Å². The van der Waals surface area contributed by atoms with Crippen LogP contribution in [-0.2, 0) is 14.3 Å². The zero-order valence-electron chi connectivity index (χ0n) is 13.7. The van der Waals surface area contributed by atoms with Crippen LogP contribution in [-0.4, -0.2) is 48.5 Å². The van der Waals surface area contributed by atoms with Gasteiger partial charge in [0, 0.05) is 9.24 Å². The van der Waals surface area contributed by atoms with Crippen LogP contribution in [0.3, 0.4) is 0 Å². The lowest BCUT2D eigenvalue weighted by atomic mass is 10.1. The highest BCUT2D eigenvalue weighted by Gasteiger charge is 2.25. The number of aliphatic hydroxyl groups is 1. The van der Waals surface area contributed by atoms with Gasteiger partial charge in [0.25, 0.3) is 0 Å². The van der Waals surface area contributed by atoms with Crippen LogP contribution in [0.1, 0.15) is 36.4 Å². The molecule has 19 heavy (non-hydrogen) atoms. The van der Waals surface area contributed by atoms with E-state index in [1.54, 1.807) is 20.8 Å². The molecule has 0 saturated carbocycles. The van der Waals surface area contributed by atoms with Crippen LogP contribution < -0.4 is 11.1 Å². The average Bonchev–Trinajstić information content (AvgIpc) is 2.29. The smallest absolute Gasteiger partial charge is 0.408 e. The Bertz CT molecular complexity index is 366. The predicted octanol–water partition coefficient (Wildman–Crippen LogP) is 0.152. The number of carbonyl (C=O) groups excluding carboxylic acids is 2. The van der Waals surface area contributed by atoms with Crippen molar-refractivity contribution in [1.82, 2.24) is 5.32 Å². The Morgan fingerprint density at radius 3 is 2.42 bits per heavy atom. The molecule has 0 aliphatic rings. The molecule has 0 aliphatic carbocycles. The first-order valence-electron chi connectivity index (χ1n) is 6.91. The van der Waals surface area contributed by atoms with Crippen LogP contribution in [0.4, 0.5) is 4.79 Å². The molecule has 0 saturated heterocycles. The van der Waals surface area contributed by atoms with Gasteiger partial charge >= 0.3 is 12.1 Å². The van der Waals surface area contributed by atoms with Gasteiger partial charge in [-0.25, -0.2) is 9.59 Å². The van der Waals surface area contributed by atoms with E-state index in [-0.39, 0.29) is 12.8 Å². The minimum Gasteiger partial charge on any atom is -0.467 e. The van der Waals surface area contributed by atoms with Gasteiger partial charge in [0.15, 0.2) is 0 Å². The number of esters is 1. The Labute approximate surface area is 116 Å². The fourth-order valence-corrected chi connectivity index (χ4v) is 1.25. The summed E-state index contributed by atoms with van der Waals surface area (Å²) < 4.78 is 23.9. The summed E-state index contributed by atoms with van der Waals surface area (Å²) in [5, 5.41) is 11.8. The number of amides is 1. The highest BCUT2D eigenvalue weighted by Crippen LogP contribution is 2.09. The molecule has 7 nitrogen and oxygen atoms in total. The zero-order chi connectivity index (χ0) is 16.8. The van der Waals surface area contributed by atoms with Gasteiger partial charge < -0.3 is 25.6 Å². The van der Waals surface area contributed by atoms with Crippen LogP contribution in [0.5, 0.6) is 0 Å². The fourth-order valence-electron chi connectivity index (χ4n) is 1.25. The molecule has 0 rings (SSSR count). The number of hydrogen-bond donors (Lipinski definition) is 3. The molecule has 0 heterocycles. The molecule has 0 aromatic carbocycles. The first kappa shape index (κ1) is 14.1. The van der Waals surface area contributed by atoms with Crippen molar-refractivity contribution in [2.45, 2.75) is 51.4 Å². The SMILES string of the molecule is [2H][13C]([2H])(N)C(O)CC[C@H](NC(=O)OC(C)(C)C)C(=O)OC. The summed E-state index contributed by atoms with van der Waals surface area (Å²) in [7, 11) is 1.16. The molecule has 0 aliphatic heterocycles. The maximum absolute atomic E-state index is 11.6. The monoisotopic (exact) mass is 279 g/mol. The maximum atomic E-state index is 11.6. The number of hydrogen-bond acceptors (Lipinski definition) is 6. The Morgan fingerprint density at radius 2 is 2.00 bits per heavy atom. The van der Waals surface area contributed by atoms with Crippen molar-refractivity contribution < 1.29 is 26.9 Å². The van der Waals surface area contributed by atoms with E-state index < -0.39 is 36.3 Å². The standard InChI is InChI=1S/C12H24N2O5/c1-12(2,3)19-11(17)14-9(10(16)18-4)6-5-8(15)7-13/h8-9,15H,5-7,13H2,1-4H3,(H,14,17)/t8?,9-/m0/s1/i7+1D2. The van der Waals surface area contributed by atoms with Crippen molar-refractivity contribution in [2.75, 3.05) is 13.6 Å². The molecule has 112 valence electrons. The van der Waals surface area contributed by atoms with E-state index in [1.165, 1.54) is 0 Å². The van der Waals surface area contributed by atoms with E-state index in [9.17, 15) is 14.7 Å². The number of alkyl carbamates (subject to hydrolysis) is 1. The Morgan fingerprint density at radius 1 is 1.42 bits per heavy atom. The fraction of sp³-hybridized carbons (Fsp3) is 0.833. The molecule has 0 fully saturated rings. The summed E-state index contributed by atoms with van der Waals surface area (Å²) in [6.45, 7) is 2.73. The molecule has 0 radical (unpaired) electrons. The van der Waals surface area contributed by atoms with Crippen molar-refractivity contribution in [1.29, 1.82) is 0 Å². The number of ether oxygens (including phenoxy) is 2. The Hall–Kier alpha value is -1.34. The van der Waals surface area contributed by atoms with Crippen LogP contribution in [0.2, 0.25) is 0 Å². The van der Waals surface area contributed by atoms with E-state index in [0.717, 1.165) is 7.11 Å². The molecule has 0 aromatic heterocycles. The normalized spacial score (nSPS) is 16.7. The van der Waals surface area contributed by atoms with Gasteiger partial charge in [0.1, 0.15) is 11.6 Å². The second-order valence-electron chi connectivity index (χ2n) is 4.98. The molecule has 0 aromatic rings. The lowest BCUT2D eigenvalue weighted by Gasteiger charge is -2.23. The van der Waals surface area contributed by atoms with Crippen LogP contribution in [0, 0.1) is 0 Å². The molecule has 0 bridgehead atoms. The van der Waals surface area contributed by atoms with Crippen LogP contribution in [0.25, 0.3) is 0 Å². The van der Waals surface area contributed by atoms with Gasteiger partial charge in [-0.2, -0.15) is 0 Å². The van der Waals surface area contributed by atoms with Crippen LogP contribution in [0.15, 0.2) is 0 Å². The van der Waals surface area contributed by atoms with Gasteiger partial charge in [-0.3, -0.25) is 0 Å². The zero-order valence-corrected chi connectivity index (χ0v) is 11.7. The lowest BCUT2D eigenvalue weighted by molar-refractivity contribution is -0.143. The number of nitrogens with two attached hydrogens (primary N) is 1. The summed E-state index contributed by atoms with van der Waals surface area (Å²) in [6, 6.07) is -1.05. The van der Waals surface area contributed by atoms with E-state index in [0.29, 0.717) is 0 Å². The van der Waals surface area contributed by atoms with Crippen molar-refractivity contribution in [3.8, 4) is 0 Å². The third-order valence-corrected chi connectivity index (χ3v) is 2.10. The maximum Gasteiger partial charge on any atom is 0.408 e. The van der Waals surface area contributed by atoms with Gasteiger partial charge in [-0.15, -0.1) is 0 Å². The Kier molecular flexibility index (Phi) is 5.90. The average molecular weight is 279 g/mol. The predicted molar refractivity (Wildman–Crippen MR) is 69.5 cm³/mol. The Balaban J connectivity index is 4.61. The number of carbonyl (C=O) groups is 2. The second-order valence-corrected chi connectivity index (χ2v) is 4.98. The number of aliphatic hydroxyl groups excluding tert-OH is 1. The topological polar surface area (TPSA) is 111 Å². The third-order valence-electron chi connectivity index (χ3n) is 2.10. The number of nitrogens with one attached hydrogen (secondary N) is 1. The van der Waals surface area contributed by atoms with Crippen LogP contribution >= 0.6 is 0 Å². The minimum absolute atomic E-state index is 0.0379. The summed E-state index contributed by atoms with van der Waals surface area (Å²) in [4.78, 5) is 23.2. The van der Waals surface area contributed by atoms with Crippen molar-refractivity contribution in [3.05, 3.63) is 0 Å². The summed E-state index contributed by atoms with van der Waals surface area (Å²) in [6.07, 6.45) is -2.43. The lowest BCUT2D eigenvalue weighted by Crippen LogP contribution is -2.44. The third kappa shape index (κ3) is 8.39.